The second kappa shape index (κ2) is 8.45. The molecule has 0 spiro atoms. The first-order valence-corrected chi connectivity index (χ1v) is 11.2. The molecule has 1 fully saturated rings. The van der Waals surface area contributed by atoms with Gasteiger partial charge in [0.2, 0.25) is 10.0 Å². The van der Waals surface area contributed by atoms with E-state index in [4.69, 9.17) is 0 Å². The molecule has 1 atom stereocenters. The largest absolute Gasteiger partial charge is 0.345 e. The molecule has 1 aliphatic heterocycles. The number of aryl methyl sites for hydroxylation is 2. The van der Waals surface area contributed by atoms with E-state index in [2.05, 4.69) is 30.4 Å². The maximum atomic E-state index is 12.7. The van der Waals surface area contributed by atoms with Gasteiger partial charge in [-0.1, -0.05) is 30.7 Å². The van der Waals surface area contributed by atoms with Gasteiger partial charge in [-0.3, -0.25) is 4.79 Å². The summed E-state index contributed by atoms with van der Waals surface area (Å²) in [6.07, 6.45) is 2.57. The van der Waals surface area contributed by atoms with Crippen LogP contribution in [0.5, 0.6) is 0 Å². The quantitative estimate of drug-likeness (QED) is 0.798. The summed E-state index contributed by atoms with van der Waals surface area (Å²) in [5.74, 6) is -0.197. The van der Waals surface area contributed by atoms with Crippen LogP contribution in [0.15, 0.2) is 47.4 Å². The summed E-state index contributed by atoms with van der Waals surface area (Å²) < 4.78 is 26.7. The molecule has 1 heterocycles. The molecule has 150 valence electrons. The van der Waals surface area contributed by atoms with E-state index in [1.165, 1.54) is 22.0 Å². The SMILES string of the molecule is CC[C@H](NC(=O)c1ccc(S(=O)(=O)N2CCCC2)cc1)c1ccc(C)cc1C. The van der Waals surface area contributed by atoms with Gasteiger partial charge >= 0.3 is 0 Å². The van der Waals surface area contributed by atoms with Crippen molar-refractivity contribution in [3.05, 3.63) is 64.7 Å². The molecule has 6 heteroatoms. The Morgan fingerprint density at radius 1 is 1.07 bits per heavy atom. The smallest absolute Gasteiger partial charge is 0.251 e. The lowest BCUT2D eigenvalue weighted by atomic mass is 9.97. The van der Waals surface area contributed by atoms with Gasteiger partial charge in [-0.05, 0) is 68.5 Å². The van der Waals surface area contributed by atoms with Crippen LogP contribution in [-0.4, -0.2) is 31.7 Å². The van der Waals surface area contributed by atoms with Crippen molar-refractivity contribution in [1.82, 2.24) is 9.62 Å². The Morgan fingerprint density at radius 2 is 1.71 bits per heavy atom. The molecule has 0 bridgehead atoms. The fourth-order valence-corrected chi connectivity index (χ4v) is 5.23. The van der Waals surface area contributed by atoms with Crippen LogP contribution >= 0.6 is 0 Å². The third kappa shape index (κ3) is 4.28. The zero-order chi connectivity index (χ0) is 20.3. The van der Waals surface area contributed by atoms with Crippen molar-refractivity contribution in [1.29, 1.82) is 0 Å². The number of nitrogens with one attached hydrogen (secondary N) is 1. The molecular weight excluding hydrogens is 372 g/mol. The molecule has 1 amide bonds. The molecule has 3 rings (SSSR count). The molecule has 0 saturated carbocycles. The van der Waals surface area contributed by atoms with E-state index in [0.29, 0.717) is 18.7 Å². The summed E-state index contributed by atoms with van der Waals surface area (Å²) in [7, 11) is -3.46. The van der Waals surface area contributed by atoms with Gasteiger partial charge in [-0.15, -0.1) is 0 Å². The molecule has 2 aromatic rings. The van der Waals surface area contributed by atoms with Gasteiger partial charge in [-0.25, -0.2) is 8.42 Å². The highest BCUT2D eigenvalue weighted by atomic mass is 32.2. The summed E-state index contributed by atoms with van der Waals surface area (Å²) in [6, 6.07) is 12.4. The minimum atomic E-state index is -3.46. The van der Waals surface area contributed by atoms with Crippen molar-refractivity contribution in [2.24, 2.45) is 0 Å². The maximum absolute atomic E-state index is 12.7. The highest BCUT2D eigenvalue weighted by Gasteiger charge is 2.27. The molecule has 5 nitrogen and oxygen atoms in total. The number of carbonyl (C=O) groups is 1. The highest BCUT2D eigenvalue weighted by Crippen LogP contribution is 2.23. The summed E-state index contributed by atoms with van der Waals surface area (Å²) in [5, 5.41) is 3.07. The Hall–Kier alpha value is -2.18. The van der Waals surface area contributed by atoms with E-state index in [1.807, 2.05) is 13.8 Å². The van der Waals surface area contributed by atoms with Crippen LogP contribution in [0.3, 0.4) is 0 Å². The number of rotatable bonds is 6. The monoisotopic (exact) mass is 400 g/mol. The lowest BCUT2D eigenvalue weighted by Crippen LogP contribution is -2.29. The minimum Gasteiger partial charge on any atom is -0.345 e. The van der Waals surface area contributed by atoms with Gasteiger partial charge in [0.15, 0.2) is 0 Å². The van der Waals surface area contributed by atoms with E-state index in [-0.39, 0.29) is 16.8 Å². The van der Waals surface area contributed by atoms with Gasteiger partial charge in [0.05, 0.1) is 10.9 Å². The maximum Gasteiger partial charge on any atom is 0.251 e. The highest BCUT2D eigenvalue weighted by molar-refractivity contribution is 7.89. The number of carbonyl (C=O) groups excluding carboxylic acids is 1. The third-order valence-corrected chi connectivity index (χ3v) is 7.25. The van der Waals surface area contributed by atoms with Crippen molar-refractivity contribution in [3.8, 4) is 0 Å². The number of hydrogen-bond donors (Lipinski definition) is 1. The number of amides is 1. The predicted molar refractivity (Wildman–Crippen MR) is 111 cm³/mol. The van der Waals surface area contributed by atoms with Crippen molar-refractivity contribution in [2.75, 3.05) is 13.1 Å². The standard InChI is InChI=1S/C22H28N2O3S/c1-4-21(20-12-7-16(2)15-17(20)3)23-22(25)18-8-10-19(11-9-18)28(26,27)24-13-5-6-14-24/h7-12,15,21H,4-6,13-14H2,1-3H3,(H,23,25)/t21-/m0/s1. The van der Waals surface area contributed by atoms with Crippen LogP contribution in [0, 0.1) is 13.8 Å². The zero-order valence-corrected chi connectivity index (χ0v) is 17.6. The number of hydrogen-bond acceptors (Lipinski definition) is 3. The predicted octanol–water partition coefficient (Wildman–Crippen LogP) is 3.97. The lowest BCUT2D eigenvalue weighted by molar-refractivity contribution is 0.0935. The zero-order valence-electron chi connectivity index (χ0n) is 16.7. The van der Waals surface area contributed by atoms with Gasteiger partial charge in [0, 0.05) is 18.7 Å². The fraction of sp³-hybridized carbons (Fsp3) is 0.409. The number of nitrogens with zero attached hydrogens (tertiary/aromatic N) is 1. The number of benzene rings is 2. The molecule has 0 radical (unpaired) electrons. The van der Waals surface area contributed by atoms with Crippen LogP contribution in [0.4, 0.5) is 0 Å². The molecule has 1 N–H and O–H groups in total. The molecule has 1 aliphatic rings. The third-order valence-electron chi connectivity index (χ3n) is 5.33. The van der Waals surface area contributed by atoms with Crippen LogP contribution in [-0.2, 0) is 10.0 Å². The average molecular weight is 401 g/mol. The van der Waals surface area contributed by atoms with Crippen LogP contribution < -0.4 is 5.32 Å². The van der Waals surface area contributed by atoms with Crippen molar-refractivity contribution in [2.45, 2.75) is 51.0 Å². The van der Waals surface area contributed by atoms with Crippen LogP contribution in [0.2, 0.25) is 0 Å². The summed E-state index contributed by atoms with van der Waals surface area (Å²) in [4.78, 5) is 13.0. The molecule has 1 saturated heterocycles. The Kier molecular flexibility index (Phi) is 6.20. The van der Waals surface area contributed by atoms with Gasteiger partial charge in [0.1, 0.15) is 0 Å². The molecule has 0 aromatic heterocycles. The molecule has 28 heavy (non-hydrogen) atoms. The van der Waals surface area contributed by atoms with Crippen LogP contribution in [0.1, 0.15) is 59.3 Å². The topological polar surface area (TPSA) is 66.5 Å². The fourth-order valence-electron chi connectivity index (χ4n) is 3.71. The molecule has 0 aliphatic carbocycles. The molecular formula is C22H28N2O3S. The van der Waals surface area contributed by atoms with Gasteiger partial charge in [-0.2, -0.15) is 4.31 Å². The summed E-state index contributed by atoms with van der Waals surface area (Å²) in [5.41, 5.74) is 3.91. The first-order valence-electron chi connectivity index (χ1n) is 9.81. The lowest BCUT2D eigenvalue weighted by Gasteiger charge is -2.20. The first kappa shape index (κ1) is 20.6. The van der Waals surface area contributed by atoms with Crippen LogP contribution in [0.25, 0.3) is 0 Å². The molecule has 2 aromatic carbocycles. The molecule has 0 unspecified atom stereocenters. The number of sulfonamides is 1. The van der Waals surface area contributed by atoms with E-state index in [0.717, 1.165) is 30.4 Å². The Bertz CT molecular complexity index is 946. The normalized spacial score (nSPS) is 16.1. The first-order chi connectivity index (χ1) is 13.3. The van der Waals surface area contributed by atoms with Crippen molar-refractivity contribution < 1.29 is 13.2 Å². The Balaban J connectivity index is 1.75. The van der Waals surface area contributed by atoms with E-state index in [9.17, 15) is 13.2 Å². The second-order valence-electron chi connectivity index (χ2n) is 7.43. The Morgan fingerprint density at radius 3 is 2.29 bits per heavy atom. The van der Waals surface area contributed by atoms with E-state index in [1.54, 1.807) is 12.1 Å². The van der Waals surface area contributed by atoms with Gasteiger partial charge in [0.25, 0.3) is 5.91 Å². The summed E-state index contributed by atoms with van der Waals surface area (Å²) in [6.45, 7) is 7.27. The minimum absolute atomic E-state index is 0.0823. The van der Waals surface area contributed by atoms with Crippen molar-refractivity contribution in [3.63, 3.8) is 0 Å². The average Bonchev–Trinajstić information content (AvgIpc) is 3.22. The second-order valence-corrected chi connectivity index (χ2v) is 9.37. The summed E-state index contributed by atoms with van der Waals surface area (Å²) >= 11 is 0. The van der Waals surface area contributed by atoms with E-state index >= 15 is 0 Å². The van der Waals surface area contributed by atoms with Crippen molar-refractivity contribution >= 4 is 15.9 Å². The Labute approximate surface area is 167 Å². The van der Waals surface area contributed by atoms with Gasteiger partial charge < -0.3 is 5.32 Å². The van der Waals surface area contributed by atoms with E-state index < -0.39 is 10.0 Å².